The highest BCUT2D eigenvalue weighted by atomic mass is 16.3. The number of benzene rings is 3. The lowest BCUT2D eigenvalue weighted by atomic mass is 9.89. The van der Waals surface area contributed by atoms with E-state index in [0.29, 0.717) is 0 Å². The van der Waals surface area contributed by atoms with Crippen LogP contribution in [0.5, 0.6) is 0 Å². The van der Waals surface area contributed by atoms with Crippen molar-refractivity contribution in [1.29, 1.82) is 0 Å². The monoisotopic (exact) mass is 381 g/mol. The summed E-state index contributed by atoms with van der Waals surface area (Å²) in [7, 11) is 4.06. The topological polar surface area (TPSA) is 35.9 Å². The van der Waals surface area contributed by atoms with Gasteiger partial charge in [0.25, 0.3) is 0 Å². The second kappa shape index (κ2) is 8.15. The van der Waals surface area contributed by atoms with Crippen molar-refractivity contribution >= 4 is 17.5 Å². The zero-order chi connectivity index (χ0) is 20.2. The number of anilines is 2. The number of nitrogens with zero attached hydrogens (tertiary/aromatic N) is 3. The molecule has 1 heterocycles. The van der Waals surface area contributed by atoms with Crippen LogP contribution in [-0.2, 0) is 0 Å². The van der Waals surface area contributed by atoms with E-state index in [-0.39, 0.29) is 5.92 Å². The Balaban J connectivity index is 1.79. The van der Waals surface area contributed by atoms with Crippen LogP contribution in [0.15, 0.2) is 102 Å². The van der Waals surface area contributed by atoms with E-state index in [2.05, 4.69) is 52.7 Å². The Morgan fingerprint density at radius 3 is 2.17 bits per heavy atom. The molecule has 0 aliphatic carbocycles. The van der Waals surface area contributed by atoms with Gasteiger partial charge in [0.15, 0.2) is 0 Å². The van der Waals surface area contributed by atoms with Gasteiger partial charge in [-0.15, -0.1) is 4.91 Å². The highest BCUT2D eigenvalue weighted by Gasteiger charge is 2.21. The number of allylic oxidation sites excluding steroid dienone is 2. The first-order valence-corrected chi connectivity index (χ1v) is 9.62. The molecule has 3 aromatic carbocycles. The molecule has 0 bridgehead atoms. The van der Waals surface area contributed by atoms with E-state index in [4.69, 9.17) is 0 Å². The number of hydrogen-bond acceptors (Lipinski definition) is 3. The summed E-state index contributed by atoms with van der Waals surface area (Å²) in [5, 5.41) is 4.78. The molecule has 0 spiro atoms. The summed E-state index contributed by atoms with van der Waals surface area (Å²) in [5.41, 5.74) is 6.02. The van der Waals surface area contributed by atoms with Gasteiger partial charge in [0.1, 0.15) is 0 Å². The fourth-order valence-corrected chi connectivity index (χ4v) is 3.62. The average molecular weight is 381 g/mol. The number of hydrogen-bond donors (Lipinski definition) is 0. The molecule has 29 heavy (non-hydrogen) atoms. The molecule has 144 valence electrons. The number of rotatable bonds is 5. The lowest BCUT2D eigenvalue weighted by Crippen LogP contribution is -2.18. The second-order valence-corrected chi connectivity index (χ2v) is 7.25. The molecule has 0 radical (unpaired) electrons. The maximum absolute atomic E-state index is 11.7. The third-order valence-corrected chi connectivity index (χ3v) is 5.19. The third-order valence-electron chi connectivity index (χ3n) is 5.19. The molecule has 1 aliphatic rings. The molecule has 0 N–H and O–H groups in total. The highest BCUT2D eigenvalue weighted by Crippen LogP contribution is 2.35. The van der Waals surface area contributed by atoms with Gasteiger partial charge in [0, 0.05) is 31.3 Å². The zero-order valence-corrected chi connectivity index (χ0v) is 16.6. The summed E-state index contributed by atoms with van der Waals surface area (Å²) in [6.07, 6.45) is 6.09. The van der Waals surface area contributed by atoms with E-state index in [1.54, 1.807) is 0 Å². The van der Waals surface area contributed by atoms with Gasteiger partial charge in [0.2, 0.25) is 0 Å². The van der Waals surface area contributed by atoms with E-state index in [9.17, 15) is 4.91 Å². The molecule has 1 aliphatic heterocycles. The standard InChI is InChI=1S/C25H23N3O/c1-27(2)22-15-12-20(13-16-22)24(19-8-4-3-5-9-19)18-23-17-14-21-10-6-7-11-25(21)28(23)26-29/h3-18,24H,1-2H3/b23-18+/t24-/m1/s1. The summed E-state index contributed by atoms with van der Waals surface area (Å²) in [6.45, 7) is 0. The number of fused-ring (bicyclic) bond motifs is 1. The van der Waals surface area contributed by atoms with Crippen LogP contribution in [0.25, 0.3) is 6.08 Å². The quantitative estimate of drug-likeness (QED) is 0.510. The Hall–Kier alpha value is -3.66. The maximum Gasteiger partial charge on any atom is 0.0757 e. The molecule has 4 rings (SSSR count). The van der Waals surface area contributed by atoms with E-state index in [1.807, 2.05) is 68.7 Å². The van der Waals surface area contributed by atoms with Crippen molar-refractivity contribution in [2.75, 3.05) is 24.0 Å². The molecule has 0 saturated heterocycles. The van der Waals surface area contributed by atoms with Gasteiger partial charge < -0.3 is 4.90 Å². The van der Waals surface area contributed by atoms with Crippen LogP contribution in [0.2, 0.25) is 0 Å². The predicted octanol–water partition coefficient (Wildman–Crippen LogP) is 5.98. The first-order valence-electron chi connectivity index (χ1n) is 9.62. The third kappa shape index (κ3) is 3.83. The van der Waals surface area contributed by atoms with Crippen LogP contribution < -0.4 is 9.91 Å². The molecular formula is C25H23N3O. The number of para-hydroxylation sites is 1. The van der Waals surface area contributed by atoms with Gasteiger partial charge >= 0.3 is 0 Å². The molecule has 0 saturated carbocycles. The van der Waals surface area contributed by atoms with Crippen molar-refractivity contribution in [3.63, 3.8) is 0 Å². The smallest absolute Gasteiger partial charge is 0.0757 e. The molecule has 3 aromatic rings. The summed E-state index contributed by atoms with van der Waals surface area (Å²) in [4.78, 5) is 13.8. The van der Waals surface area contributed by atoms with Crippen LogP contribution in [0.1, 0.15) is 22.6 Å². The Kier molecular flexibility index (Phi) is 5.25. The van der Waals surface area contributed by atoms with Crippen molar-refractivity contribution < 1.29 is 0 Å². The zero-order valence-electron chi connectivity index (χ0n) is 16.6. The van der Waals surface area contributed by atoms with Crippen molar-refractivity contribution in [3.05, 3.63) is 118 Å². The Labute approximate surface area is 171 Å². The Morgan fingerprint density at radius 1 is 0.828 bits per heavy atom. The van der Waals surface area contributed by atoms with Crippen LogP contribution in [0.4, 0.5) is 11.4 Å². The van der Waals surface area contributed by atoms with Gasteiger partial charge in [0.05, 0.1) is 16.7 Å². The first kappa shape index (κ1) is 18.7. The molecule has 0 amide bonds. The Morgan fingerprint density at radius 2 is 1.48 bits per heavy atom. The van der Waals surface area contributed by atoms with Crippen molar-refractivity contribution in [3.8, 4) is 0 Å². The van der Waals surface area contributed by atoms with Gasteiger partial charge in [-0.05, 0) is 41.5 Å². The Bertz CT molecular complexity index is 1050. The fraction of sp³-hybridized carbons (Fsp3) is 0.120. The molecule has 0 unspecified atom stereocenters. The average Bonchev–Trinajstić information content (AvgIpc) is 2.77. The maximum atomic E-state index is 11.7. The van der Waals surface area contributed by atoms with Gasteiger partial charge in [-0.1, -0.05) is 66.7 Å². The van der Waals surface area contributed by atoms with Crippen molar-refractivity contribution in [2.45, 2.75) is 5.92 Å². The van der Waals surface area contributed by atoms with Gasteiger partial charge in [-0.3, -0.25) is 0 Å². The highest BCUT2D eigenvalue weighted by molar-refractivity contribution is 5.76. The van der Waals surface area contributed by atoms with Crippen LogP contribution in [0.3, 0.4) is 0 Å². The van der Waals surface area contributed by atoms with E-state index < -0.39 is 0 Å². The van der Waals surface area contributed by atoms with E-state index >= 15 is 0 Å². The predicted molar refractivity (Wildman–Crippen MR) is 121 cm³/mol. The lowest BCUT2D eigenvalue weighted by molar-refractivity contribution is 0.952. The first-order chi connectivity index (χ1) is 14.2. The summed E-state index contributed by atoms with van der Waals surface area (Å²) < 4.78 is 0. The molecule has 0 aromatic heterocycles. The van der Waals surface area contributed by atoms with Gasteiger partial charge in [-0.2, -0.15) is 5.01 Å². The molecule has 0 fully saturated rings. The minimum Gasteiger partial charge on any atom is -0.378 e. The molecule has 4 nitrogen and oxygen atoms in total. The van der Waals surface area contributed by atoms with Crippen molar-refractivity contribution in [2.24, 2.45) is 5.29 Å². The van der Waals surface area contributed by atoms with E-state index in [1.165, 1.54) is 5.01 Å². The molecule has 1 atom stereocenters. The van der Waals surface area contributed by atoms with Gasteiger partial charge in [-0.25, -0.2) is 0 Å². The molecule has 4 heteroatoms. The molecular weight excluding hydrogens is 358 g/mol. The van der Waals surface area contributed by atoms with Crippen LogP contribution in [0, 0.1) is 4.91 Å². The normalized spacial score (nSPS) is 15.1. The van der Waals surface area contributed by atoms with Crippen LogP contribution in [-0.4, -0.2) is 14.1 Å². The number of nitroso groups, excluding NO2 is 1. The minimum atomic E-state index is 0.00146. The fourth-order valence-electron chi connectivity index (χ4n) is 3.62. The minimum absolute atomic E-state index is 0.00146. The largest absolute Gasteiger partial charge is 0.378 e. The van der Waals surface area contributed by atoms with Crippen LogP contribution >= 0.6 is 0 Å². The van der Waals surface area contributed by atoms with E-state index in [0.717, 1.165) is 33.8 Å². The SMILES string of the molecule is CN(C)c1ccc([C@H](/C=C2\C=Cc3ccccc3N2N=O)c2ccccc2)cc1. The van der Waals surface area contributed by atoms with Crippen molar-refractivity contribution in [1.82, 2.24) is 0 Å². The summed E-state index contributed by atoms with van der Waals surface area (Å²) in [6, 6.07) is 26.6. The second-order valence-electron chi connectivity index (χ2n) is 7.25. The summed E-state index contributed by atoms with van der Waals surface area (Å²) >= 11 is 0. The lowest BCUT2D eigenvalue weighted by Gasteiger charge is -2.25. The summed E-state index contributed by atoms with van der Waals surface area (Å²) in [5.74, 6) is 0.00146.